The molecule has 2 unspecified atom stereocenters. The van der Waals surface area contributed by atoms with Gasteiger partial charge in [-0.25, -0.2) is 0 Å². The molecule has 1 rings (SSSR count). The molecule has 0 saturated heterocycles. The first kappa shape index (κ1) is 15.1. The van der Waals surface area contributed by atoms with Crippen molar-refractivity contribution in [1.29, 1.82) is 0 Å². The van der Waals surface area contributed by atoms with Gasteiger partial charge < -0.3 is 0 Å². The Morgan fingerprint density at radius 2 is 2.00 bits per heavy atom. The summed E-state index contributed by atoms with van der Waals surface area (Å²) >= 11 is 3.57. The van der Waals surface area contributed by atoms with E-state index >= 15 is 0 Å². The zero-order valence-corrected chi connectivity index (χ0v) is 13.1. The largest absolute Gasteiger partial charge is 0.313 e. The van der Waals surface area contributed by atoms with E-state index in [-0.39, 0.29) is 21.4 Å². The van der Waals surface area contributed by atoms with Gasteiger partial charge in [0.2, 0.25) is 0 Å². The van der Waals surface area contributed by atoms with Crippen LogP contribution in [0, 0.1) is 23.0 Å². The van der Waals surface area contributed by atoms with Crippen molar-refractivity contribution in [2.45, 2.75) is 51.9 Å². The number of aryl methyl sites for hydroxylation is 2. The summed E-state index contributed by atoms with van der Waals surface area (Å²) in [6, 6.07) is 0. The van der Waals surface area contributed by atoms with Gasteiger partial charge in [-0.1, -0.05) is 36.7 Å². The van der Waals surface area contributed by atoms with E-state index in [1.54, 1.807) is 11.6 Å². The van der Waals surface area contributed by atoms with Crippen LogP contribution in [0.3, 0.4) is 0 Å². The van der Waals surface area contributed by atoms with E-state index < -0.39 is 0 Å². The number of hydrogen-bond acceptors (Lipinski definition) is 3. The summed E-state index contributed by atoms with van der Waals surface area (Å²) in [7, 11) is 0. The molecule has 0 N–H and O–H groups in total. The first-order chi connectivity index (χ1) is 8.31. The highest BCUT2D eigenvalue weighted by Gasteiger charge is 2.34. The maximum Gasteiger partial charge on any atom is 0.313 e. The Morgan fingerprint density at radius 1 is 1.44 bits per heavy atom. The fourth-order valence-corrected chi connectivity index (χ4v) is 3.31. The SMILES string of the molecule is CCn1nc(C)c([N+](=O)[O-])c1C(C(C)C)C(C)Br. The molecule has 1 aromatic rings. The van der Waals surface area contributed by atoms with E-state index in [0.29, 0.717) is 18.2 Å². The third kappa shape index (κ3) is 2.74. The minimum absolute atomic E-state index is 0.0755. The number of nitrogens with zero attached hydrogens (tertiary/aromatic N) is 3. The molecule has 0 saturated carbocycles. The third-order valence-corrected chi connectivity index (χ3v) is 3.71. The van der Waals surface area contributed by atoms with Crippen LogP contribution in [0.15, 0.2) is 0 Å². The number of alkyl halides is 1. The minimum atomic E-state index is -0.311. The maximum atomic E-state index is 11.3. The molecular formula is C12H20BrN3O2. The standard InChI is InChI=1S/C12H20BrN3O2/c1-6-15-12(10(7(2)3)8(4)13)11(16(17)18)9(5)14-15/h7-8,10H,6H2,1-5H3. The van der Waals surface area contributed by atoms with Crippen molar-refractivity contribution in [3.8, 4) is 0 Å². The first-order valence-corrected chi connectivity index (χ1v) is 7.08. The number of hydrogen-bond donors (Lipinski definition) is 0. The van der Waals surface area contributed by atoms with E-state index in [1.165, 1.54) is 0 Å². The van der Waals surface area contributed by atoms with Crippen LogP contribution in [0.4, 0.5) is 5.69 Å². The number of nitro groups is 1. The molecule has 0 radical (unpaired) electrons. The second-order valence-corrected chi connectivity index (χ2v) is 6.28. The predicted molar refractivity (Wildman–Crippen MR) is 75.3 cm³/mol. The average molecular weight is 318 g/mol. The molecule has 0 amide bonds. The average Bonchev–Trinajstić information content (AvgIpc) is 2.54. The molecule has 0 spiro atoms. The van der Waals surface area contributed by atoms with Crippen LogP contribution in [0.25, 0.3) is 0 Å². The summed E-state index contributed by atoms with van der Waals surface area (Å²) in [6.45, 7) is 10.5. The van der Waals surface area contributed by atoms with Crippen LogP contribution in [0.5, 0.6) is 0 Å². The second-order valence-electron chi connectivity index (χ2n) is 4.84. The molecule has 6 heteroatoms. The van der Waals surface area contributed by atoms with Crippen molar-refractivity contribution < 1.29 is 4.92 Å². The van der Waals surface area contributed by atoms with E-state index in [4.69, 9.17) is 0 Å². The minimum Gasteiger partial charge on any atom is -0.262 e. The lowest BCUT2D eigenvalue weighted by molar-refractivity contribution is -0.386. The Kier molecular flexibility index (Phi) is 4.90. The van der Waals surface area contributed by atoms with Gasteiger partial charge in [0.15, 0.2) is 0 Å². The summed E-state index contributed by atoms with van der Waals surface area (Å²) in [5.41, 5.74) is 1.40. The van der Waals surface area contributed by atoms with E-state index in [0.717, 1.165) is 5.69 Å². The molecule has 5 nitrogen and oxygen atoms in total. The van der Waals surface area contributed by atoms with Gasteiger partial charge in [-0.05, 0) is 19.8 Å². The van der Waals surface area contributed by atoms with Crippen LogP contribution in [-0.4, -0.2) is 19.5 Å². The summed E-state index contributed by atoms with van der Waals surface area (Å²) in [4.78, 5) is 11.1. The summed E-state index contributed by atoms with van der Waals surface area (Å²) in [5, 5.41) is 15.5. The maximum absolute atomic E-state index is 11.3. The molecule has 18 heavy (non-hydrogen) atoms. The van der Waals surface area contributed by atoms with Crippen molar-refractivity contribution in [1.82, 2.24) is 9.78 Å². The fraction of sp³-hybridized carbons (Fsp3) is 0.750. The lowest BCUT2D eigenvalue weighted by Gasteiger charge is -2.23. The van der Waals surface area contributed by atoms with Crippen molar-refractivity contribution in [3.63, 3.8) is 0 Å². The zero-order chi connectivity index (χ0) is 14.0. The fourth-order valence-electron chi connectivity index (χ4n) is 2.45. The van der Waals surface area contributed by atoms with Gasteiger partial charge in [-0.15, -0.1) is 0 Å². The molecule has 2 atom stereocenters. The van der Waals surface area contributed by atoms with Crippen molar-refractivity contribution in [2.24, 2.45) is 5.92 Å². The summed E-state index contributed by atoms with van der Waals surface area (Å²) in [6.07, 6.45) is 0. The lowest BCUT2D eigenvalue weighted by Crippen LogP contribution is -2.20. The highest BCUT2D eigenvalue weighted by atomic mass is 79.9. The Labute approximate surface area is 116 Å². The van der Waals surface area contributed by atoms with Crippen molar-refractivity contribution >= 4 is 21.6 Å². The van der Waals surface area contributed by atoms with Crippen LogP contribution in [-0.2, 0) is 6.54 Å². The highest BCUT2D eigenvalue weighted by molar-refractivity contribution is 9.09. The van der Waals surface area contributed by atoms with Gasteiger partial charge in [-0.3, -0.25) is 14.8 Å². The third-order valence-electron chi connectivity index (χ3n) is 3.15. The highest BCUT2D eigenvalue weighted by Crippen LogP contribution is 2.38. The molecule has 102 valence electrons. The summed E-state index contributed by atoms with van der Waals surface area (Å²) < 4.78 is 1.76. The molecular weight excluding hydrogens is 298 g/mol. The lowest BCUT2D eigenvalue weighted by atomic mass is 9.89. The Morgan fingerprint density at radius 3 is 2.33 bits per heavy atom. The zero-order valence-electron chi connectivity index (χ0n) is 11.5. The molecule has 0 aromatic carbocycles. The monoisotopic (exact) mass is 317 g/mol. The van der Waals surface area contributed by atoms with Gasteiger partial charge in [0, 0.05) is 17.3 Å². The quantitative estimate of drug-likeness (QED) is 0.473. The molecule has 0 fully saturated rings. The van der Waals surface area contributed by atoms with Crippen LogP contribution >= 0.6 is 15.9 Å². The van der Waals surface area contributed by atoms with Crippen LogP contribution < -0.4 is 0 Å². The normalized spacial score (nSPS) is 14.8. The number of halogens is 1. The molecule has 0 aliphatic heterocycles. The Balaban J connectivity index is 3.48. The van der Waals surface area contributed by atoms with Gasteiger partial charge in [-0.2, -0.15) is 5.10 Å². The smallest absolute Gasteiger partial charge is 0.262 e. The van der Waals surface area contributed by atoms with Gasteiger partial charge in [0.25, 0.3) is 0 Å². The molecule has 1 heterocycles. The Hall–Kier alpha value is -0.910. The molecule has 1 aromatic heterocycles. The van der Waals surface area contributed by atoms with Gasteiger partial charge >= 0.3 is 5.69 Å². The van der Waals surface area contributed by atoms with E-state index in [2.05, 4.69) is 34.9 Å². The van der Waals surface area contributed by atoms with Crippen LogP contribution in [0.1, 0.15) is 45.0 Å². The van der Waals surface area contributed by atoms with Gasteiger partial charge in [0.1, 0.15) is 11.4 Å². The molecule has 0 aliphatic carbocycles. The van der Waals surface area contributed by atoms with E-state index in [9.17, 15) is 10.1 Å². The van der Waals surface area contributed by atoms with Crippen molar-refractivity contribution in [3.05, 3.63) is 21.5 Å². The van der Waals surface area contributed by atoms with Crippen LogP contribution in [0.2, 0.25) is 0 Å². The van der Waals surface area contributed by atoms with Crippen molar-refractivity contribution in [2.75, 3.05) is 0 Å². The second kappa shape index (κ2) is 5.82. The van der Waals surface area contributed by atoms with E-state index in [1.807, 2.05) is 13.8 Å². The van der Waals surface area contributed by atoms with Gasteiger partial charge in [0.05, 0.1) is 4.92 Å². The number of rotatable bonds is 5. The molecule has 0 bridgehead atoms. The summed E-state index contributed by atoms with van der Waals surface area (Å²) in [5.74, 6) is 0.381. The predicted octanol–water partition coefficient (Wildman–Crippen LogP) is 3.64. The first-order valence-electron chi connectivity index (χ1n) is 6.16. The number of aromatic nitrogens is 2. The Bertz CT molecular complexity index is 433. The topological polar surface area (TPSA) is 61.0 Å². The molecule has 0 aliphatic rings.